The summed E-state index contributed by atoms with van der Waals surface area (Å²) >= 11 is 0. The number of benzene rings is 1. The molecule has 8 nitrogen and oxygen atoms in total. The van der Waals surface area contributed by atoms with Crippen LogP contribution in [0.1, 0.15) is 12.2 Å². The van der Waals surface area contributed by atoms with E-state index in [4.69, 9.17) is 0 Å². The fourth-order valence-corrected chi connectivity index (χ4v) is 1.85. The van der Waals surface area contributed by atoms with Crippen molar-refractivity contribution in [2.45, 2.75) is 12.8 Å². The van der Waals surface area contributed by atoms with Gasteiger partial charge in [-0.15, -0.1) is 0 Å². The van der Waals surface area contributed by atoms with Crippen LogP contribution in [0.4, 0.5) is 5.95 Å². The Bertz CT molecular complexity index is 631. The summed E-state index contributed by atoms with van der Waals surface area (Å²) in [4.78, 5) is 4.08. The summed E-state index contributed by atoms with van der Waals surface area (Å²) in [7, 11) is 0. The minimum absolute atomic E-state index is 0.633. The van der Waals surface area contributed by atoms with Crippen LogP contribution in [0.25, 0.3) is 5.69 Å². The maximum absolute atomic E-state index is 4.08. The number of nitrogens with zero attached hydrogens (tertiary/aromatic N) is 6. The number of aryl methyl sites for hydroxylation is 1. The molecule has 0 spiro atoms. The second-order valence-corrected chi connectivity index (χ2v) is 4.21. The molecule has 0 saturated heterocycles. The van der Waals surface area contributed by atoms with E-state index in [1.165, 1.54) is 6.33 Å². The molecule has 20 heavy (non-hydrogen) atoms. The van der Waals surface area contributed by atoms with Crippen LogP contribution < -0.4 is 5.32 Å². The first-order valence-corrected chi connectivity index (χ1v) is 6.35. The molecule has 0 saturated carbocycles. The van der Waals surface area contributed by atoms with E-state index in [-0.39, 0.29) is 0 Å². The Morgan fingerprint density at radius 2 is 2.10 bits per heavy atom. The molecule has 0 aliphatic rings. The topological polar surface area (TPSA) is 97.2 Å². The van der Waals surface area contributed by atoms with Gasteiger partial charge in [-0.05, 0) is 29.0 Å². The molecule has 0 atom stereocenters. The van der Waals surface area contributed by atoms with Gasteiger partial charge in [-0.1, -0.05) is 23.3 Å². The Morgan fingerprint density at radius 1 is 1.20 bits per heavy atom. The van der Waals surface area contributed by atoms with Gasteiger partial charge in [0.25, 0.3) is 0 Å². The summed E-state index contributed by atoms with van der Waals surface area (Å²) in [5, 5.41) is 21.5. The van der Waals surface area contributed by atoms with Crippen molar-refractivity contribution >= 4 is 5.95 Å². The molecule has 0 bridgehead atoms. The number of aromatic amines is 1. The van der Waals surface area contributed by atoms with E-state index in [0.29, 0.717) is 5.95 Å². The van der Waals surface area contributed by atoms with E-state index in [0.717, 1.165) is 30.9 Å². The molecular formula is C12H14N8. The third kappa shape index (κ3) is 2.79. The molecule has 3 rings (SSSR count). The monoisotopic (exact) mass is 270 g/mol. The number of rotatable bonds is 6. The van der Waals surface area contributed by atoms with Gasteiger partial charge in [0, 0.05) is 13.0 Å². The SMILES string of the molecule is c1ccc(-n2nnnc2NCCCc2ncn[nH]2)cc1. The van der Waals surface area contributed by atoms with E-state index in [9.17, 15) is 0 Å². The van der Waals surface area contributed by atoms with Crippen molar-refractivity contribution in [2.75, 3.05) is 11.9 Å². The molecule has 0 unspecified atom stereocenters. The van der Waals surface area contributed by atoms with Crippen LogP contribution in [0.15, 0.2) is 36.7 Å². The minimum Gasteiger partial charge on any atom is -0.353 e. The lowest BCUT2D eigenvalue weighted by Gasteiger charge is -2.06. The first-order valence-electron chi connectivity index (χ1n) is 6.35. The molecule has 2 aromatic heterocycles. The first kappa shape index (κ1) is 12.3. The van der Waals surface area contributed by atoms with Gasteiger partial charge in [0.2, 0.25) is 5.95 Å². The lowest BCUT2D eigenvalue weighted by atomic mass is 10.3. The standard InChI is InChI=1S/C12H14N8/c1-2-5-10(6-3-1)20-12(17-18-19-20)13-8-4-7-11-14-9-15-16-11/h1-3,5-6,9H,4,7-8H2,(H,13,17,19)(H,14,15,16). The summed E-state index contributed by atoms with van der Waals surface area (Å²) < 4.78 is 1.68. The third-order valence-electron chi connectivity index (χ3n) is 2.81. The number of aromatic nitrogens is 7. The van der Waals surface area contributed by atoms with Crippen LogP contribution in [0.3, 0.4) is 0 Å². The Balaban J connectivity index is 1.57. The summed E-state index contributed by atoms with van der Waals surface area (Å²) in [5.41, 5.74) is 0.926. The number of hydrogen-bond donors (Lipinski definition) is 2. The quantitative estimate of drug-likeness (QED) is 0.644. The number of anilines is 1. The van der Waals surface area contributed by atoms with Crippen LogP contribution >= 0.6 is 0 Å². The predicted molar refractivity (Wildman–Crippen MR) is 72.3 cm³/mol. The number of hydrogen-bond acceptors (Lipinski definition) is 6. The number of tetrazole rings is 1. The van der Waals surface area contributed by atoms with Gasteiger partial charge in [-0.2, -0.15) is 9.78 Å². The van der Waals surface area contributed by atoms with Crippen LogP contribution in [-0.2, 0) is 6.42 Å². The average molecular weight is 270 g/mol. The molecule has 8 heteroatoms. The molecule has 1 aromatic carbocycles. The summed E-state index contributed by atoms with van der Waals surface area (Å²) in [6, 6.07) is 9.76. The first-order chi connectivity index (χ1) is 9.93. The van der Waals surface area contributed by atoms with Crippen molar-refractivity contribution in [1.82, 2.24) is 35.4 Å². The van der Waals surface area contributed by atoms with Crippen molar-refractivity contribution in [2.24, 2.45) is 0 Å². The molecule has 3 aromatic rings. The largest absolute Gasteiger partial charge is 0.353 e. The molecule has 0 fully saturated rings. The maximum atomic E-state index is 4.08. The summed E-state index contributed by atoms with van der Waals surface area (Å²) in [6.45, 7) is 0.758. The third-order valence-corrected chi connectivity index (χ3v) is 2.81. The van der Waals surface area contributed by atoms with Crippen LogP contribution in [0, 0.1) is 0 Å². The van der Waals surface area contributed by atoms with Crippen molar-refractivity contribution in [3.05, 3.63) is 42.5 Å². The van der Waals surface area contributed by atoms with Crippen molar-refractivity contribution in [3.8, 4) is 5.69 Å². The smallest absolute Gasteiger partial charge is 0.247 e. The number of para-hydroxylation sites is 1. The molecule has 0 amide bonds. The zero-order valence-electron chi connectivity index (χ0n) is 10.8. The van der Waals surface area contributed by atoms with Crippen LogP contribution in [-0.4, -0.2) is 41.9 Å². The van der Waals surface area contributed by atoms with Gasteiger partial charge in [-0.25, -0.2) is 4.98 Å². The Morgan fingerprint density at radius 3 is 2.90 bits per heavy atom. The van der Waals surface area contributed by atoms with Gasteiger partial charge < -0.3 is 5.32 Å². The highest BCUT2D eigenvalue weighted by Crippen LogP contribution is 2.10. The Hall–Kier alpha value is -2.77. The van der Waals surface area contributed by atoms with E-state index in [1.54, 1.807) is 4.68 Å². The van der Waals surface area contributed by atoms with Gasteiger partial charge in [0.15, 0.2) is 0 Å². The molecule has 0 radical (unpaired) electrons. The minimum atomic E-state index is 0.633. The Labute approximate surface area is 115 Å². The highest BCUT2D eigenvalue weighted by molar-refractivity contribution is 5.38. The van der Waals surface area contributed by atoms with E-state index < -0.39 is 0 Å². The van der Waals surface area contributed by atoms with Crippen molar-refractivity contribution in [1.29, 1.82) is 0 Å². The molecular weight excluding hydrogens is 256 g/mol. The molecule has 0 aliphatic heterocycles. The molecule has 2 heterocycles. The molecule has 2 N–H and O–H groups in total. The predicted octanol–water partition coefficient (Wildman–Crippen LogP) is 0.825. The normalized spacial score (nSPS) is 10.6. The van der Waals surface area contributed by atoms with Gasteiger partial charge >= 0.3 is 0 Å². The fraction of sp³-hybridized carbons (Fsp3) is 0.250. The van der Waals surface area contributed by atoms with Gasteiger partial charge in [0.1, 0.15) is 12.2 Å². The summed E-state index contributed by atoms with van der Waals surface area (Å²) in [5.74, 6) is 1.52. The van der Waals surface area contributed by atoms with Crippen LogP contribution in [0.5, 0.6) is 0 Å². The van der Waals surface area contributed by atoms with E-state index in [2.05, 4.69) is 36.0 Å². The van der Waals surface area contributed by atoms with E-state index >= 15 is 0 Å². The lowest BCUT2D eigenvalue weighted by Crippen LogP contribution is -2.09. The zero-order chi connectivity index (χ0) is 13.6. The highest BCUT2D eigenvalue weighted by atomic mass is 15.6. The second kappa shape index (κ2) is 5.91. The van der Waals surface area contributed by atoms with Gasteiger partial charge in [0.05, 0.1) is 5.69 Å². The maximum Gasteiger partial charge on any atom is 0.247 e. The number of H-pyrrole nitrogens is 1. The molecule has 0 aliphatic carbocycles. The van der Waals surface area contributed by atoms with Crippen LogP contribution in [0.2, 0.25) is 0 Å². The zero-order valence-corrected chi connectivity index (χ0v) is 10.8. The van der Waals surface area contributed by atoms with Crippen molar-refractivity contribution in [3.63, 3.8) is 0 Å². The summed E-state index contributed by atoms with van der Waals surface area (Å²) in [6.07, 6.45) is 3.26. The fourth-order valence-electron chi connectivity index (χ4n) is 1.85. The second-order valence-electron chi connectivity index (χ2n) is 4.21. The highest BCUT2D eigenvalue weighted by Gasteiger charge is 2.06. The number of nitrogens with one attached hydrogen (secondary N) is 2. The van der Waals surface area contributed by atoms with Gasteiger partial charge in [-0.3, -0.25) is 5.10 Å². The van der Waals surface area contributed by atoms with E-state index in [1.807, 2.05) is 30.3 Å². The molecule has 102 valence electrons. The lowest BCUT2D eigenvalue weighted by molar-refractivity contribution is 0.777. The van der Waals surface area contributed by atoms with Crippen molar-refractivity contribution < 1.29 is 0 Å². The average Bonchev–Trinajstić information content (AvgIpc) is 3.16. The Kier molecular flexibility index (Phi) is 3.63.